The maximum absolute atomic E-state index is 10.9. The molecule has 30 heavy (non-hydrogen) atoms. The summed E-state index contributed by atoms with van der Waals surface area (Å²) in [7, 11) is 1.61. The van der Waals surface area contributed by atoms with Crippen LogP contribution in [0.15, 0.2) is 47.5 Å². The SMILES string of the molecule is CCCCN(CC=CN=C1C=CC(OCc2ncc([N+](=O)[O-])n2C)=CC1)CCCC. The van der Waals surface area contributed by atoms with Crippen molar-refractivity contribution in [1.82, 2.24) is 14.5 Å². The molecule has 0 amide bonds. The predicted octanol–water partition coefficient (Wildman–Crippen LogP) is 4.55. The van der Waals surface area contributed by atoms with Crippen LogP contribution in [0.3, 0.4) is 0 Å². The van der Waals surface area contributed by atoms with Crippen LogP contribution in [0, 0.1) is 10.1 Å². The minimum absolute atomic E-state index is 0.0501. The molecule has 0 saturated carbocycles. The Balaban J connectivity index is 1.79. The molecule has 0 N–H and O–H groups in total. The molecule has 0 saturated heterocycles. The lowest BCUT2D eigenvalue weighted by Crippen LogP contribution is -2.26. The normalized spacial score (nSPS) is 15.3. The smallest absolute Gasteiger partial charge is 0.342 e. The van der Waals surface area contributed by atoms with Crippen molar-refractivity contribution >= 4 is 11.5 Å². The summed E-state index contributed by atoms with van der Waals surface area (Å²) in [6, 6.07) is 0. The maximum Gasteiger partial charge on any atom is 0.342 e. The molecular weight excluding hydrogens is 382 g/mol. The fourth-order valence-corrected chi connectivity index (χ4v) is 3.01. The van der Waals surface area contributed by atoms with Gasteiger partial charge in [0, 0.05) is 24.9 Å². The van der Waals surface area contributed by atoms with Gasteiger partial charge in [0.15, 0.2) is 6.61 Å². The number of imidazole rings is 1. The molecule has 8 heteroatoms. The summed E-state index contributed by atoms with van der Waals surface area (Å²) < 4.78 is 7.14. The average molecular weight is 416 g/mol. The third-order valence-electron chi connectivity index (χ3n) is 4.93. The number of nitrogens with zero attached hydrogens (tertiary/aromatic N) is 5. The molecule has 164 valence electrons. The summed E-state index contributed by atoms with van der Waals surface area (Å²) in [5.74, 6) is 1.17. The number of nitro groups is 1. The molecule has 0 atom stereocenters. The van der Waals surface area contributed by atoms with Gasteiger partial charge in [0.2, 0.25) is 5.82 Å². The zero-order valence-electron chi connectivity index (χ0n) is 18.3. The first-order valence-electron chi connectivity index (χ1n) is 10.6. The molecule has 1 heterocycles. The fourth-order valence-electron chi connectivity index (χ4n) is 3.01. The number of rotatable bonds is 13. The van der Waals surface area contributed by atoms with E-state index >= 15 is 0 Å². The molecule has 0 aromatic carbocycles. The Morgan fingerprint density at radius 2 is 2.03 bits per heavy atom. The van der Waals surface area contributed by atoms with Crippen molar-refractivity contribution in [2.75, 3.05) is 19.6 Å². The van der Waals surface area contributed by atoms with Crippen LogP contribution < -0.4 is 0 Å². The molecule has 1 aromatic rings. The zero-order valence-corrected chi connectivity index (χ0v) is 18.3. The van der Waals surface area contributed by atoms with Gasteiger partial charge in [-0.15, -0.1) is 0 Å². The van der Waals surface area contributed by atoms with Crippen molar-refractivity contribution in [1.29, 1.82) is 0 Å². The monoisotopic (exact) mass is 415 g/mol. The number of hydrogen-bond donors (Lipinski definition) is 0. The summed E-state index contributed by atoms with van der Waals surface area (Å²) in [4.78, 5) is 21.5. The van der Waals surface area contributed by atoms with Crippen LogP contribution >= 0.6 is 0 Å². The van der Waals surface area contributed by atoms with E-state index in [2.05, 4.69) is 34.8 Å². The topological polar surface area (TPSA) is 85.8 Å². The largest absolute Gasteiger partial charge is 0.484 e. The van der Waals surface area contributed by atoms with Crippen molar-refractivity contribution in [2.24, 2.45) is 12.0 Å². The van der Waals surface area contributed by atoms with E-state index in [9.17, 15) is 10.1 Å². The molecule has 0 fully saturated rings. The van der Waals surface area contributed by atoms with Crippen LogP contribution in [0.4, 0.5) is 5.82 Å². The van der Waals surface area contributed by atoms with Crippen molar-refractivity contribution < 1.29 is 9.66 Å². The Hall–Kier alpha value is -2.74. The fraction of sp³-hybridized carbons (Fsp3) is 0.545. The second-order valence-electron chi connectivity index (χ2n) is 7.29. The second kappa shape index (κ2) is 12.7. The molecule has 0 aliphatic heterocycles. The molecule has 1 aliphatic carbocycles. The van der Waals surface area contributed by atoms with Crippen molar-refractivity contribution in [2.45, 2.75) is 52.6 Å². The summed E-state index contributed by atoms with van der Waals surface area (Å²) in [6.07, 6.45) is 16.6. The van der Waals surface area contributed by atoms with Crippen LogP contribution in [0.5, 0.6) is 0 Å². The van der Waals surface area contributed by atoms with Crippen LogP contribution in [-0.4, -0.2) is 44.7 Å². The Morgan fingerprint density at radius 1 is 1.30 bits per heavy atom. The third-order valence-corrected chi connectivity index (χ3v) is 4.93. The Kier molecular flexibility index (Phi) is 10.00. The predicted molar refractivity (Wildman–Crippen MR) is 119 cm³/mol. The molecule has 0 bridgehead atoms. The first-order chi connectivity index (χ1) is 14.5. The second-order valence-corrected chi connectivity index (χ2v) is 7.29. The highest BCUT2D eigenvalue weighted by atomic mass is 16.6. The Bertz CT molecular complexity index is 800. The van der Waals surface area contributed by atoms with Gasteiger partial charge in [0.05, 0.1) is 7.05 Å². The van der Waals surface area contributed by atoms with E-state index in [1.807, 2.05) is 24.4 Å². The van der Waals surface area contributed by atoms with E-state index in [-0.39, 0.29) is 12.4 Å². The van der Waals surface area contributed by atoms with E-state index < -0.39 is 4.92 Å². The van der Waals surface area contributed by atoms with Gasteiger partial charge in [-0.3, -0.25) is 9.89 Å². The zero-order chi connectivity index (χ0) is 21.8. The van der Waals surface area contributed by atoms with Crippen molar-refractivity contribution in [3.8, 4) is 0 Å². The van der Waals surface area contributed by atoms with Crippen molar-refractivity contribution in [3.63, 3.8) is 0 Å². The van der Waals surface area contributed by atoms with Gasteiger partial charge < -0.3 is 14.9 Å². The first kappa shape index (κ1) is 23.5. The number of ether oxygens (including phenoxy) is 1. The summed E-state index contributed by atoms with van der Waals surface area (Å²) in [5, 5.41) is 10.9. The minimum atomic E-state index is -0.459. The molecule has 0 radical (unpaired) electrons. The Labute approximate surface area is 178 Å². The van der Waals surface area contributed by atoms with Gasteiger partial charge >= 0.3 is 5.82 Å². The van der Waals surface area contributed by atoms with Gasteiger partial charge in [0.25, 0.3) is 0 Å². The molecule has 0 unspecified atom stereocenters. The standard InChI is InChI=1S/C22H33N5O3/c1-4-6-14-26(15-7-5-2)16-8-13-23-19-9-11-20(12-10-19)30-18-21-24-17-22(25(21)3)27(28)29/h8-9,11-13,17H,4-7,10,14-16,18H2,1-3H3. The quantitative estimate of drug-likeness (QED) is 0.349. The van der Waals surface area contributed by atoms with E-state index in [0.29, 0.717) is 18.0 Å². The molecule has 1 aromatic heterocycles. The number of allylic oxidation sites excluding steroid dienone is 3. The highest BCUT2D eigenvalue weighted by molar-refractivity contribution is 5.97. The van der Waals surface area contributed by atoms with E-state index in [0.717, 1.165) is 25.3 Å². The summed E-state index contributed by atoms with van der Waals surface area (Å²) in [6.45, 7) is 7.83. The average Bonchev–Trinajstić information content (AvgIpc) is 3.12. The maximum atomic E-state index is 10.9. The van der Waals surface area contributed by atoms with Gasteiger partial charge in [-0.2, -0.15) is 0 Å². The van der Waals surface area contributed by atoms with Gasteiger partial charge in [0.1, 0.15) is 12.0 Å². The molecular formula is C22H33N5O3. The van der Waals surface area contributed by atoms with Crippen LogP contribution in [0.25, 0.3) is 0 Å². The number of hydrogen-bond acceptors (Lipinski definition) is 6. The van der Waals surface area contributed by atoms with Crippen molar-refractivity contribution in [3.05, 3.63) is 58.4 Å². The number of unbranched alkanes of at least 4 members (excludes halogenated alkanes) is 2. The molecule has 1 aliphatic rings. The molecule has 8 nitrogen and oxygen atoms in total. The highest BCUT2D eigenvalue weighted by Crippen LogP contribution is 2.16. The first-order valence-corrected chi connectivity index (χ1v) is 10.6. The van der Waals surface area contributed by atoms with Gasteiger partial charge in [-0.25, -0.2) is 9.55 Å². The molecule has 0 spiro atoms. The Morgan fingerprint density at radius 3 is 2.60 bits per heavy atom. The lowest BCUT2D eigenvalue weighted by atomic mass is 10.1. The van der Waals surface area contributed by atoms with Gasteiger partial charge in [-0.1, -0.05) is 32.8 Å². The van der Waals surface area contributed by atoms with Gasteiger partial charge in [-0.05, 0) is 49.1 Å². The lowest BCUT2D eigenvalue weighted by molar-refractivity contribution is -0.391. The summed E-state index contributed by atoms with van der Waals surface area (Å²) >= 11 is 0. The lowest BCUT2D eigenvalue weighted by Gasteiger charge is -2.19. The third kappa shape index (κ3) is 7.59. The van der Waals surface area contributed by atoms with E-state index in [1.54, 1.807) is 7.05 Å². The van der Waals surface area contributed by atoms with Crippen LogP contribution in [0.1, 0.15) is 51.8 Å². The van der Waals surface area contributed by atoms with Crippen LogP contribution in [-0.2, 0) is 18.4 Å². The number of aliphatic imine (C=N–C) groups is 1. The number of aromatic nitrogens is 2. The van der Waals surface area contributed by atoms with Crippen LogP contribution in [0.2, 0.25) is 0 Å². The summed E-state index contributed by atoms with van der Waals surface area (Å²) in [5.41, 5.74) is 0.972. The molecule has 2 rings (SSSR count). The van der Waals surface area contributed by atoms with E-state index in [4.69, 9.17) is 4.74 Å². The minimum Gasteiger partial charge on any atom is -0.484 e. The highest BCUT2D eigenvalue weighted by Gasteiger charge is 2.17. The van der Waals surface area contributed by atoms with E-state index in [1.165, 1.54) is 36.4 Å².